The Bertz CT molecular complexity index is 2630. The largest absolute Gasteiger partial charge is 0.309 e. The Morgan fingerprint density at radius 3 is 1.62 bits per heavy atom. The minimum absolute atomic E-state index is 0.226. The highest BCUT2D eigenvalue weighted by atomic mass is 15.0. The summed E-state index contributed by atoms with van der Waals surface area (Å²) in [6, 6.07) is 71.2. The standard InChI is InChI=1S/C49H33N/c1-4-14-33(15-5-1)38-28-39(34-16-6-2-7-17-34)30-40(29-38)50-47-23-13-12-21-43(47)45-31-37(25-27-48(45)50)36-24-26-42-41-20-10-11-22-44(41)49(46(42)32-36)35-18-8-3-9-19-35/h1-32,49H. The van der Waals surface area contributed by atoms with Gasteiger partial charge >= 0.3 is 0 Å². The molecule has 9 aromatic rings. The van der Waals surface area contributed by atoms with E-state index in [1.54, 1.807) is 0 Å². The van der Waals surface area contributed by atoms with Crippen molar-refractivity contribution in [1.82, 2.24) is 4.57 Å². The quantitative estimate of drug-likeness (QED) is 0.177. The van der Waals surface area contributed by atoms with E-state index in [9.17, 15) is 0 Å². The molecule has 1 atom stereocenters. The molecule has 0 saturated carbocycles. The maximum Gasteiger partial charge on any atom is 0.0541 e. The lowest BCUT2D eigenvalue weighted by molar-refractivity contribution is 1.02. The first kappa shape index (κ1) is 28.6. The zero-order valence-electron chi connectivity index (χ0n) is 27.5. The van der Waals surface area contributed by atoms with Crippen LogP contribution in [0.15, 0.2) is 194 Å². The van der Waals surface area contributed by atoms with Crippen LogP contribution in [0.4, 0.5) is 0 Å². The molecule has 50 heavy (non-hydrogen) atoms. The summed E-state index contributed by atoms with van der Waals surface area (Å²) in [5.41, 5.74) is 17.7. The predicted octanol–water partition coefficient (Wildman–Crippen LogP) is 12.9. The number of rotatable bonds is 5. The van der Waals surface area contributed by atoms with Crippen LogP contribution in [-0.2, 0) is 0 Å². The third-order valence-electron chi connectivity index (χ3n) is 10.5. The fourth-order valence-corrected chi connectivity index (χ4v) is 8.16. The van der Waals surface area contributed by atoms with Gasteiger partial charge in [0.05, 0.1) is 11.0 Å². The number of hydrogen-bond donors (Lipinski definition) is 0. The minimum atomic E-state index is 0.226. The fourth-order valence-electron chi connectivity index (χ4n) is 8.16. The first-order chi connectivity index (χ1) is 24.8. The van der Waals surface area contributed by atoms with E-state index in [0.29, 0.717) is 0 Å². The van der Waals surface area contributed by atoms with E-state index in [1.807, 2.05) is 0 Å². The molecule has 0 radical (unpaired) electrons. The van der Waals surface area contributed by atoms with Crippen molar-refractivity contribution in [2.75, 3.05) is 0 Å². The van der Waals surface area contributed by atoms with E-state index >= 15 is 0 Å². The monoisotopic (exact) mass is 635 g/mol. The summed E-state index contributed by atoms with van der Waals surface area (Å²) in [5.74, 6) is 0.226. The highest BCUT2D eigenvalue weighted by Crippen LogP contribution is 2.49. The molecule has 0 amide bonds. The minimum Gasteiger partial charge on any atom is -0.309 e. The summed E-state index contributed by atoms with van der Waals surface area (Å²) < 4.78 is 2.44. The Balaban J connectivity index is 1.15. The molecule has 234 valence electrons. The van der Waals surface area contributed by atoms with Crippen molar-refractivity contribution in [3.8, 4) is 50.2 Å². The van der Waals surface area contributed by atoms with E-state index in [4.69, 9.17) is 0 Å². The molecule has 0 saturated heterocycles. The molecule has 0 N–H and O–H groups in total. The molecular formula is C49H33N. The number of benzene rings is 8. The smallest absolute Gasteiger partial charge is 0.0541 e. The SMILES string of the molecule is c1ccc(-c2cc(-c3ccccc3)cc(-n3c4ccccc4c4cc(-c5ccc6c(c5)C(c5ccccc5)c5ccccc5-6)ccc43)c2)cc1. The van der Waals surface area contributed by atoms with Gasteiger partial charge < -0.3 is 4.57 Å². The van der Waals surface area contributed by atoms with Gasteiger partial charge in [-0.25, -0.2) is 0 Å². The maximum atomic E-state index is 2.44. The van der Waals surface area contributed by atoms with Crippen LogP contribution >= 0.6 is 0 Å². The van der Waals surface area contributed by atoms with Crippen molar-refractivity contribution in [3.63, 3.8) is 0 Å². The second-order valence-electron chi connectivity index (χ2n) is 13.3. The van der Waals surface area contributed by atoms with Crippen LogP contribution < -0.4 is 0 Å². The molecule has 1 unspecified atom stereocenters. The van der Waals surface area contributed by atoms with Gasteiger partial charge in [-0.1, -0.05) is 152 Å². The molecule has 0 aliphatic heterocycles. The summed E-state index contributed by atoms with van der Waals surface area (Å²) in [6.07, 6.45) is 0. The van der Waals surface area contributed by atoms with Gasteiger partial charge in [0.1, 0.15) is 0 Å². The summed E-state index contributed by atoms with van der Waals surface area (Å²) in [5, 5.41) is 2.51. The van der Waals surface area contributed by atoms with Crippen molar-refractivity contribution in [3.05, 3.63) is 211 Å². The van der Waals surface area contributed by atoms with Gasteiger partial charge in [0.25, 0.3) is 0 Å². The lowest BCUT2D eigenvalue weighted by Crippen LogP contribution is -1.99. The van der Waals surface area contributed by atoms with Crippen molar-refractivity contribution < 1.29 is 0 Å². The molecule has 1 aromatic heterocycles. The van der Waals surface area contributed by atoms with Gasteiger partial charge in [-0.15, -0.1) is 0 Å². The highest BCUT2D eigenvalue weighted by molar-refractivity contribution is 6.10. The maximum absolute atomic E-state index is 2.44. The van der Waals surface area contributed by atoms with Gasteiger partial charge in [0.2, 0.25) is 0 Å². The number of para-hydroxylation sites is 1. The molecule has 1 heterocycles. The second-order valence-corrected chi connectivity index (χ2v) is 13.3. The molecule has 0 fully saturated rings. The molecule has 1 nitrogen and oxygen atoms in total. The second kappa shape index (κ2) is 11.6. The molecule has 8 aromatic carbocycles. The van der Waals surface area contributed by atoms with Gasteiger partial charge in [-0.2, -0.15) is 0 Å². The van der Waals surface area contributed by atoms with Gasteiger partial charge in [0.15, 0.2) is 0 Å². The molecule has 0 bridgehead atoms. The highest BCUT2D eigenvalue weighted by Gasteiger charge is 2.30. The third-order valence-corrected chi connectivity index (χ3v) is 10.5. The van der Waals surface area contributed by atoms with Crippen molar-refractivity contribution in [1.29, 1.82) is 0 Å². The van der Waals surface area contributed by atoms with E-state index < -0.39 is 0 Å². The summed E-state index contributed by atoms with van der Waals surface area (Å²) in [7, 11) is 0. The van der Waals surface area contributed by atoms with Gasteiger partial charge in [-0.3, -0.25) is 0 Å². The predicted molar refractivity (Wildman–Crippen MR) is 210 cm³/mol. The zero-order valence-corrected chi connectivity index (χ0v) is 27.5. The number of hydrogen-bond acceptors (Lipinski definition) is 0. The third kappa shape index (κ3) is 4.63. The lowest BCUT2D eigenvalue weighted by Gasteiger charge is -2.15. The van der Waals surface area contributed by atoms with Crippen LogP contribution in [0, 0.1) is 0 Å². The first-order valence-corrected chi connectivity index (χ1v) is 17.4. The normalized spacial score (nSPS) is 13.4. The summed E-state index contributed by atoms with van der Waals surface area (Å²) in [4.78, 5) is 0. The van der Waals surface area contributed by atoms with Crippen molar-refractivity contribution in [2.24, 2.45) is 0 Å². The Morgan fingerprint density at radius 2 is 0.880 bits per heavy atom. The molecule has 1 aliphatic rings. The molecular weight excluding hydrogens is 603 g/mol. The van der Waals surface area contributed by atoms with Crippen LogP contribution in [0.25, 0.3) is 72.0 Å². The zero-order chi connectivity index (χ0) is 33.0. The molecule has 10 rings (SSSR count). The Morgan fingerprint density at radius 1 is 0.320 bits per heavy atom. The van der Waals surface area contributed by atoms with Crippen LogP contribution in [-0.4, -0.2) is 4.57 Å². The van der Waals surface area contributed by atoms with Crippen molar-refractivity contribution >= 4 is 21.8 Å². The molecule has 1 heteroatoms. The first-order valence-electron chi connectivity index (χ1n) is 17.4. The number of fused-ring (bicyclic) bond motifs is 6. The van der Waals surface area contributed by atoms with E-state index in [2.05, 4.69) is 199 Å². The fraction of sp³-hybridized carbons (Fsp3) is 0.0204. The topological polar surface area (TPSA) is 4.93 Å². The van der Waals surface area contributed by atoms with Gasteiger partial charge in [0, 0.05) is 22.4 Å². The van der Waals surface area contributed by atoms with E-state index in [-0.39, 0.29) is 5.92 Å². The summed E-state index contributed by atoms with van der Waals surface area (Å²) in [6.45, 7) is 0. The van der Waals surface area contributed by atoms with Gasteiger partial charge in [-0.05, 0) is 104 Å². The van der Waals surface area contributed by atoms with Crippen LogP contribution in [0.5, 0.6) is 0 Å². The Kier molecular flexibility index (Phi) is 6.63. The number of nitrogens with zero attached hydrogens (tertiary/aromatic N) is 1. The average molecular weight is 636 g/mol. The molecule has 1 aliphatic carbocycles. The van der Waals surface area contributed by atoms with Crippen molar-refractivity contribution in [2.45, 2.75) is 5.92 Å². The number of aromatic nitrogens is 1. The average Bonchev–Trinajstić information content (AvgIpc) is 3.71. The molecule has 0 spiro atoms. The Labute approximate surface area is 292 Å². The lowest BCUT2D eigenvalue weighted by atomic mass is 9.88. The Hall–Kier alpha value is -6.44. The summed E-state index contributed by atoms with van der Waals surface area (Å²) >= 11 is 0. The van der Waals surface area contributed by atoms with E-state index in [1.165, 1.54) is 83.0 Å². The van der Waals surface area contributed by atoms with Crippen LogP contribution in [0.3, 0.4) is 0 Å². The van der Waals surface area contributed by atoms with Crippen LogP contribution in [0.1, 0.15) is 22.6 Å². The van der Waals surface area contributed by atoms with E-state index in [0.717, 1.165) is 5.69 Å². The van der Waals surface area contributed by atoms with Crippen LogP contribution in [0.2, 0.25) is 0 Å².